The third kappa shape index (κ3) is 3.32. The Morgan fingerprint density at radius 2 is 2.10 bits per heavy atom. The second-order valence-electron chi connectivity index (χ2n) is 5.07. The summed E-state index contributed by atoms with van der Waals surface area (Å²) >= 11 is 0. The van der Waals surface area contributed by atoms with E-state index in [0.717, 1.165) is 32.7 Å². The zero-order chi connectivity index (χ0) is 13.1. The van der Waals surface area contributed by atoms with E-state index < -0.39 is 0 Å². The number of hydrogen-bond donors (Lipinski definition) is 1. The highest BCUT2D eigenvalue weighted by molar-refractivity contribution is 5.85. The molecule has 1 aliphatic rings. The van der Waals surface area contributed by atoms with Gasteiger partial charge in [0.05, 0.1) is 12.7 Å². The molecule has 108 valence electrons. The second-order valence-corrected chi connectivity index (χ2v) is 5.07. The fraction of sp³-hybridized carbons (Fsp3) is 0.400. The van der Waals surface area contributed by atoms with Crippen molar-refractivity contribution in [1.82, 2.24) is 15.1 Å². The first-order valence-electron chi connectivity index (χ1n) is 6.85. The Morgan fingerprint density at radius 1 is 1.25 bits per heavy atom. The molecule has 0 unspecified atom stereocenters. The molecule has 0 spiro atoms. The van der Waals surface area contributed by atoms with Crippen LogP contribution < -0.4 is 10.2 Å². The minimum absolute atomic E-state index is 0. The number of aryl methyl sites for hydroxylation is 1. The normalized spacial score (nSPS) is 14.3. The topological polar surface area (TPSA) is 33.1 Å². The van der Waals surface area contributed by atoms with E-state index in [4.69, 9.17) is 0 Å². The van der Waals surface area contributed by atoms with Crippen LogP contribution in [0.1, 0.15) is 11.1 Å². The van der Waals surface area contributed by atoms with Gasteiger partial charge < -0.3 is 10.2 Å². The number of para-hydroxylation sites is 1. The lowest BCUT2D eigenvalue weighted by Crippen LogP contribution is -2.31. The zero-order valence-electron chi connectivity index (χ0n) is 11.7. The van der Waals surface area contributed by atoms with Crippen LogP contribution in [-0.2, 0) is 13.1 Å². The molecule has 0 saturated carbocycles. The number of aromatic nitrogens is 2. The van der Waals surface area contributed by atoms with Crippen molar-refractivity contribution in [2.45, 2.75) is 20.0 Å². The van der Waals surface area contributed by atoms with Crippen LogP contribution in [0.5, 0.6) is 0 Å². The molecule has 2 heterocycles. The van der Waals surface area contributed by atoms with Crippen molar-refractivity contribution in [2.24, 2.45) is 0 Å². The van der Waals surface area contributed by atoms with Crippen LogP contribution in [0.25, 0.3) is 0 Å². The average Bonchev–Trinajstić information content (AvgIpc) is 2.73. The van der Waals surface area contributed by atoms with Gasteiger partial charge in [0.15, 0.2) is 0 Å². The quantitative estimate of drug-likeness (QED) is 0.942. The number of fused-ring (bicyclic) bond motifs is 1. The van der Waals surface area contributed by atoms with Gasteiger partial charge in [-0.05, 0) is 24.1 Å². The lowest BCUT2D eigenvalue weighted by atomic mass is 10.1. The Bertz CT molecular complexity index is 552. The number of nitrogens with zero attached hydrogens (tertiary/aromatic N) is 3. The standard InChI is InChI=1S/C15H20N4.ClH/c1-13-10-17-19(12-13)9-8-18-7-6-16-11-14-4-2-3-5-15(14)18;/h2-5,10,12,16H,6-9,11H2,1H3;1H. The van der Waals surface area contributed by atoms with E-state index in [1.54, 1.807) is 0 Å². The monoisotopic (exact) mass is 292 g/mol. The van der Waals surface area contributed by atoms with Crippen LogP contribution in [0.2, 0.25) is 0 Å². The van der Waals surface area contributed by atoms with E-state index in [2.05, 4.69) is 52.7 Å². The van der Waals surface area contributed by atoms with Gasteiger partial charge in [0.1, 0.15) is 0 Å². The zero-order valence-corrected chi connectivity index (χ0v) is 12.6. The lowest BCUT2D eigenvalue weighted by molar-refractivity contribution is 0.590. The molecule has 20 heavy (non-hydrogen) atoms. The number of halogens is 1. The first kappa shape index (κ1) is 14.9. The summed E-state index contributed by atoms with van der Waals surface area (Å²) in [5.41, 5.74) is 3.96. The number of rotatable bonds is 3. The van der Waals surface area contributed by atoms with Crippen LogP contribution in [0, 0.1) is 6.92 Å². The number of benzene rings is 1. The molecule has 4 nitrogen and oxygen atoms in total. The molecule has 1 aromatic carbocycles. The molecule has 0 aliphatic carbocycles. The molecule has 1 N–H and O–H groups in total. The fourth-order valence-electron chi connectivity index (χ4n) is 2.57. The van der Waals surface area contributed by atoms with Gasteiger partial charge >= 0.3 is 0 Å². The highest BCUT2D eigenvalue weighted by Crippen LogP contribution is 2.21. The Balaban J connectivity index is 0.00000147. The van der Waals surface area contributed by atoms with Crippen LogP contribution in [-0.4, -0.2) is 29.4 Å². The Labute approximate surface area is 126 Å². The molecule has 0 fully saturated rings. The summed E-state index contributed by atoms with van der Waals surface area (Å²) in [6.07, 6.45) is 4.01. The summed E-state index contributed by atoms with van der Waals surface area (Å²) in [5, 5.41) is 7.83. The minimum Gasteiger partial charge on any atom is -0.368 e. The summed E-state index contributed by atoms with van der Waals surface area (Å²) < 4.78 is 2.02. The smallest absolute Gasteiger partial charge is 0.0584 e. The van der Waals surface area contributed by atoms with Gasteiger partial charge in [0.2, 0.25) is 0 Å². The minimum atomic E-state index is 0. The highest BCUT2D eigenvalue weighted by Gasteiger charge is 2.13. The van der Waals surface area contributed by atoms with E-state index in [0.29, 0.717) is 0 Å². The molecular weight excluding hydrogens is 272 g/mol. The van der Waals surface area contributed by atoms with Gasteiger partial charge in [-0.15, -0.1) is 12.4 Å². The molecule has 1 aliphatic heterocycles. The SMILES string of the molecule is Cc1cnn(CCN2CCNCc3ccccc32)c1.Cl. The first-order chi connectivity index (χ1) is 9.33. The highest BCUT2D eigenvalue weighted by atomic mass is 35.5. The average molecular weight is 293 g/mol. The van der Waals surface area contributed by atoms with E-state index in [1.807, 2.05) is 10.9 Å². The van der Waals surface area contributed by atoms with Crippen molar-refractivity contribution in [2.75, 3.05) is 24.5 Å². The summed E-state index contributed by atoms with van der Waals surface area (Å²) in [6, 6.07) is 8.66. The van der Waals surface area contributed by atoms with Crippen molar-refractivity contribution in [3.05, 3.63) is 47.8 Å². The summed E-state index contributed by atoms with van der Waals surface area (Å²) in [6.45, 7) is 7.06. The Kier molecular flexibility index (Phi) is 5.04. The van der Waals surface area contributed by atoms with Crippen LogP contribution in [0.3, 0.4) is 0 Å². The molecule has 0 amide bonds. The van der Waals surface area contributed by atoms with Crippen molar-refractivity contribution in [1.29, 1.82) is 0 Å². The fourth-order valence-corrected chi connectivity index (χ4v) is 2.57. The van der Waals surface area contributed by atoms with E-state index >= 15 is 0 Å². The molecule has 5 heteroatoms. The maximum absolute atomic E-state index is 4.35. The van der Waals surface area contributed by atoms with Gasteiger partial charge in [0.25, 0.3) is 0 Å². The second kappa shape index (κ2) is 6.77. The van der Waals surface area contributed by atoms with Gasteiger partial charge in [-0.25, -0.2) is 0 Å². The van der Waals surface area contributed by atoms with Gasteiger partial charge in [-0.2, -0.15) is 5.10 Å². The molecule has 0 saturated heterocycles. The van der Waals surface area contributed by atoms with Crippen molar-refractivity contribution in [3.63, 3.8) is 0 Å². The van der Waals surface area contributed by atoms with Crippen molar-refractivity contribution in [3.8, 4) is 0 Å². The molecule has 2 aromatic rings. The van der Waals surface area contributed by atoms with Crippen molar-refractivity contribution >= 4 is 18.1 Å². The van der Waals surface area contributed by atoms with Gasteiger partial charge in [-0.3, -0.25) is 4.68 Å². The maximum atomic E-state index is 4.35. The Morgan fingerprint density at radius 3 is 2.90 bits per heavy atom. The first-order valence-corrected chi connectivity index (χ1v) is 6.85. The summed E-state index contributed by atoms with van der Waals surface area (Å²) in [5.74, 6) is 0. The largest absolute Gasteiger partial charge is 0.368 e. The van der Waals surface area contributed by atoms with E-state index in [9.17, 15) is 0 Å². The lowest BCUT2D eigenvalue weighted by Gasteiger charge is -2.24. The van der Waals surface area contributed by atoms with Crippen molar-refractivity contribution < 1.29 is 0 Å². The predicted octanol–water partition coefficient (Wildman–Crippen LogP) is 2.22. The predicted molar refractivity (Wildman–Crippen MR) is 84.6 cm³/mol. The van der Waals surface area contributed by atoms with Gasteiger partial charge in [-0.1, -0.05) is 18.2 Å². The van der Waals surface area contributed by atoms with Crippen LogP contribution >= 0.6 is 12.4 Å². The van der Waals surface area contributed by atoms with E-state index in [1.165, 1.54) is 16.8 Å². The van der Waals surface area contributed by atoms with E-state index in [-0.39, 0.29) is 12.4 Å². The maximum Gasteiger partial charge on any atom is 0.0584 e. The molecular formula is C15H21ClN4. The van der Waals surface area contributed by atoms with Crippen LogP contribution in [0.15, 0.2) is 36.7 Å². The van der Waals surface area contributed by atoms with Gasteiger partial charge in [0, 0.05) is 38.1 Å². The molecule has 0 bridgehead atoms. The number of anilines is 1. The molecule has 3 rings (SSSR count). The third-order valence-electron chi connectivity index (χ3n) is 3.57. The third-order valence-corrected chi connectivity index (χ3v) is 3.57. The summed E-state index contributed by atoms with van der Waals surface area (Å²) in [7, 11) is 0. The summed E-state index contributed by atoms with van der Waals surface area (Å²) in [4.78, 5) is 2.45. The molecule has 0 atom stereocenters. The number of hydrogen-bond acceptors (Lipinski definition) is 3. The number of nitrogens with one attached hydrogen (secondary N) is 1. The molecule has 0 radical (unpaired) electrons. The Hall–Kier alpha value is -1.52. The molecule has 1 aromatic heterocycles. The van der Waals surface area contributed by atoms with Crippen LogP contribution in [0.4, 0.5) is 5.69 Å².